The van der Waals surface area contributed by atoms with Gasteiger partial charge in [-0.25, -0.2) is 0 Å². The molecule has 0 spiro atoms. The summed E-state index contributed by atoms with van der Waals surface area (Å²) in [7, 11) is 0. The topological polar surface area (TPSA) is 47.1 Å². The van der Waals surface area contributed by atoms with Crippen LogP contribution in [0.3, 0.4) is 0 Å². The highest BCUT2D eigenvalue weighted by atomic mass is 35.5. The van der Waals surface area contributed by atoms with Gasteiger partial charge in [-0.1, -0.05) is 13.8 Å². The molecule has 2 unspecified atom stereocenters. The van der Waals surface area contributed by atoms with E-state index < -0.39 is 0 Å². The predicted octanol–water partition coefficient (Wildman–Crippen LogP) is 2.11. The number of aryl methyl sites for hydroxylation is 2. The molecule has 1 aliphatic rings. The van der Waals surface area contributed by atoms with Crippen LogP contribution in [0.2, 0.25) is 0 Å². The molecule has 2 atom stereocenters. The fourth-order valence-corrected chi connectivity index (χ4v) is 2.84. The summed E-state index contributed by atoms with van der Waals surface area (Å²) in [6, 6.07) is 0.330. The van der Waals surface area contributed by atoms with Crippen LogP contribution in [-0.2, 0) is 13.1 Å². The zero-order valence-corrected chi connectivity index (χ0v) is 13.3. The molecule has 1 aliphatic heterocycles. The monoisotopic (exact) mass is 286 g/mol. The number of nitrogens with zero attached hydrogens (tertiary/aromatic N) is 3. The second kappa shape index (κ2) is 6.73. The minimum absolute atomic E-state index is 0. The molecule has 1 aromatic heterocycles. The quantitative estimate of drug-likeness (QED) is 0.922. The van der Waals surface area contributed by atoms with E-state index in [1.165, 1.54) is 17.0 Å². The number of nitrogens with two attached hydrogens (primary N) is 1. The van der Waals surface area contributed by atoms with Gasteiger partial charge in [0, 0.05) is 43.5 Å². The van der Waals surface area contributed by atoms with Gasteiger partial charge in [0.05, 0.1) is 5.69 Å². The van der Waals surface area contributed by atoms with Crippen LogP contribution >= 0.6 is 12.4 Å². The molecule has 0 bridgehead atoms. The normalized spacial score (nSPS) is 23.6. The van der Waals surface area contributed by atoms with E-state index in [0.29, 0.717) is 12.0 Å². The van der Waals surface area contributed by atoms with Crippen LogP contribution in [0.25, 0.3) is 0 Å². The minimum atomic E-state index is 0. The first kappa shape index (κ1) is 16.5. The Hall–Kier alpha value is -0.580. The third kappa shape index (κ3) is 3.50. The molecular weight excluding hydrogens is 260 g/mol. The van der Waals surface area contributed by atoms with Crippen LogP contribution in [0.15, 0.2) is 0 Å². The first-order valence-corrected chi connectivity index (χ1v) is 7.03. The summed E-state index contributed by atoms with van der Waals surface area (Å²) in [6.45, 7) is 12.9. The van der Waals surface area contributed by atoms with E-state index >= 15 is 0 Å². The highest BCUT2D eigenvalue weighted by Crippen LogP contribution is 2.21. The highest BCUT2D eigenvalue weighted by molar-refractivity contribution is 5.85. The number of aromatic nitrogens is 2. The molecule has 4 nitrogen and oxygen atoms in total. The van der Waals surface area contributed by atoms with E-state index in [4.69, 9.17) is 5.73 Å². The first-order valence-electron chi connectivity index (χ1n) is 7.03. The average molecular weight is 287 g/mol. The maximum Gasteiger partial charge on any atom is 0.0641 e. The average Bonchev–Trinajstić information content (AvgIpc) is 2.75. The van der Waals surface area contributed by atoms with Crippen molar-refractivity contribution in [3.8, 4) is 0 Å². The molecular formula is C14H27ClN4. The van der Waals surface area contributed by atoms with Crippen molar-refractivity contribution in [1.82, 2.24) is 14.7 Å². The fraction of sp³-hybridized carbons (Fsp3) is 0.786. The lowest BCUT2D eigenvalue weighted by molar-refractivity contribution is 0.317. The molecule has 0 aromatic carbocycles. The number of hydrogen-bond donors (Lipinski definition) is 1. The fourth-order valence-electron chi connectivity index (χ4n) is 2.84. The summed E-state index contributed by atoms with van der Waals surface area (Å²) in [5.41, 5.74) is 9.98. The molecule has 5 heteroatoms. The Balaban J connectivity index is 0.00000180. The Labute approximate surface area is 122 Å². The molecule has 1 fully saturated rings. The Morgan fingerprint density at radius 1 is 1.32 bits per heavy atom. The lowest BCUT2D eigenvalue weighted by atomic mass is 10.1. The van der Waals surface area contributed by atoms with Crippen LogP contribution in [0.1, 0.15) is 37.2 Å². The maximum absolute atomic E-state index is 6.09. The van der Waals surface area contributed by atoms with Crippen LogP contribution in [0.5, 0.6) is 0 Å². The standard InChI is InChI=1S/C14H26N4.ClH/c1-5-6-18-12(4)13(11(3)16-18)8-17-7-10(2)14(15)9-17;/h10,14H,5-9,15H2,1-4H3;1H. The maximum atomic E-state index is 6.09. The molecule has 2 rings (SSSR count). The molecule has 2 N–H and O–H groups in total. The summed E-state index contributed by atoms with van der Waals surface area (Å²) >= 11 is 0. The van der Waals surface area contributed by atoms with Crippen molar-refractivity contribution in [2.24, 2.45) is 11.7 Å². The molecule has 0 saturated carbocycles. The summed E-state index contributed by atoms with van der Waals surface area (Å²) in [5.74, 6) is 0.608. The van der Waals surface area contributed by atoms with Crippen molar-refractivity contribution in [2.75, 3.05) is 13.1 Å². The van der Waals surface area contributed by atoms with Crippen molar-refractivity contribution >= 4 is 12.4 Å². The van der Waals surface area contributed by atoms with Crippen LogP contribution in [0, 0.1) is 19.8 Å². The molecule has 2 heterocycles. The zero-order valence-electron chi connectivity index (χ0n) is 12.5. The number of likely N-dealkylation sites (tertiary alicyclic amines) is 1. The van der Waals surface area contributed by atoms with Gasteiger partial charge in [-0.2, -0.15) is 5.10 Å². The van der Waals surface area contributed by atoms with E-state index in [0.717, 1.165) is 32.6 Å². The van der Waals surface area contributed by atoms with Crippen LogP contribution < -0.4 is 5.73 Å². The van der Waals surface area contributed by atoms with Gasteiger partial charge in [-0.3, -0.25) is 9.58 Å². The molecule has 1 aromatic rings. The van der Waals surface area contributed by atoms with Gasteiger partial charge in [-0.15, -0.1) is 12.4 Å². The largest absolute Gasteiger partial charge is 0.326 e. The van der Waals surface area contributed by atoms with Gasteiger partial charge in [0.25, 0.3) is 0 Å². The van der Waals surface area contributed by atoms with E-state index in [-0.39, 0.29) is 12.4 Å². The summed E-state index contributed by atoms with van der Waals surface area (Å²) < 4.78 is 2.14. The second-order valence-electron chi connectivity index (χ2n) is 5.71. The van der Waals surface area contributed by atoms with Gasteiger partial charge in [0.1, 0.15) is 0 Å². The SMILES string of the molecule is CCCn1nc(C)c(CN2CC(C)C(N)C2)c1C.Cl. The van der Waals surface area contributed by atoms with Gasteiger partial charge in [-0.05, 0) is 26.2 Å². The van der Waals surface area contributed by atoms with Gasteiger partial charge >= 0.3 is 0 Å². The van der Waals surface area contributed by atoms with E-state index in [2.05, 4.69) is 42.4 Å². The Kier molecular flexibility index (Phi) is 5.83. The molecule has 19 heavy (non-hydrogen) atoms. The van der Waals surface area contributed by atoms with E-state index in [1.807, 2.05) is 0 Å². The minimum Gasteiger partial charge on any atom is -0.326 e. The van der Waals surface area contributed by atoms with Crippen molar-refractivity contribution in [3.63, 3.8) is 0 Å². The van der Waals surface area contributed by atoms with Gasteiger partial charge in [0.15, 0.2) is 0 Å². The number of rotatable bonds is 4. The Morgan fingerprint density at radius 3 is 2.53 bits per heavy atom. The third-order valence-corrected chi connectivity index (χ3v) is 4.09. The summed E-state index contributed by atoms with van der Waals surface area (Å²) in [5, 5.41) is 4.64. The van der Waals surface area contributed by atoms with Crippen molar-refractivity contribution < 1.29 is 0 Å². The lowest BCUT2D eigenvalue weighted by Gasteiger charge is -2.15. The van der Waals surface area contributed by atoms with E-state index in [9.17, 15) is 0 Å². The molecule has 110 valence electrons. The molecule has 0 radical (unpaired) electrons. The van der Waals surface area contributed by atoms with E-state index in [1.54, 1.807) is 0 Å². The van der Waals surface area contributed by atoms with Crippen molar-refractivity contribution in [2.45, 2.75) is 53.2 Å². The van der Waals surface area contributed by atoms with Gasteiger partial charge < -0.3 is 5.73 Å². The summed E-state index contributed by atoms with van der Waals surface area (Å²) in [6.07, 6.45) is 1.13. The Morgan fingerprint density at radius 2 is 2.00 bits per heavy atom. The smallest absolute Gasteiger partial charge is 0.0641 e. The van der Waals surface area contributed by atoms with Crippen LogP contribution in [-0.4, -0.2) is 33.8 Å². The van der Waals surface area contributed by atoms with Crippen molar-refractivity contribution in [3.05, 3.63) is 17.0 Å². The lowest BCUT2D eigenvalue weighted by Crippen LogP contribution is -2.28. The molecule has 1 saturated heterocycles. The van der Waals surface area contributed by atoms with Gasteiger partial charge in [0.2, 0.25) is 0 Å². The summed E-state index contributed by atoms with van der Waals surface area (Å²) in [4.78, 5) is 2.46. The number of hydrogen-bond acceptors (Lipinski definition) is 3. The first-order chi connectivity index (χ1) is 8.52. The molecule has 0 aliphatic carbocycles. The molecule has 0 amide bonds. The van der Waals surface area contributed by atoms with Crippen molar-refractivity contribution in [1.29, 1.82) is 0 Å². The van der Waals surface area contributed by atoms with Crippen LogP contribution in [0.4, 0.5) is 0 Å². The zero-order chi connectivity index (χ0) is 13.3. The number of halogens is 1. The Bertz CT molecular complexity index is 406. The predicted molar refractivity (Wildman–Crippen MR) is 81.7 cm³/mol. The second-order valence-corrected chi connectivity index (χ2v) is 5.71. The third-order valence-electron chi connectivity index (χ3n) is 4.09. The highest BCUT2D eigenvalue weighted by Gasteiger charge is 2.27.